The molecule has 0 radical (unpaired) electrons. The number of aromatic nitrogens is 2. The molecule has 1 amide bonds. The van der Waals surface area contributed by atoms with E-state index in [2.05, 4.69) is 10.4 Å². The maximum atomic E-state index is 13.3. The smallest absolute Gasteiger partial charge is 0.275 e. The Labute approximate surface area is 185 Å². The third kappa shape index (κ3) is 4.95. The predicted molar refractivity (Wildman–Crippen MR) is 118 cm³/mol. The van der Waals surface area contributed by atoms with E-state index in [1.807, 2.05) is 54.6 Å². The molecule has 0 spiro atoms. The van der Waals surface area contributed by atoms with Gasteiger partial charge in [-0.05, 0) is 35.9 Å². The lowest BCUT2D eigenvalue weighted by Gasteiger charge is -2.10. The van der Waals surface area contributed by atoms with E-state index in [1.54, 1.807) is 25.4 Å². The van der Waals surface area contributed by atoms with Gasteiger partial charge in [0.25, 0.3) is 5.91 Å². The highest BCUT2D eigenvalue weighted by Gasteiger charge is 2.19. The van der Waals surface area contributed by atoms with E-state index in [4.69, 9.17) is 9.47 Å². The Morgan fingerprint density at radius 2 is 1.69 bits per heavy atom. The molecule has 1 aromatic heterocycles. The van der Waals surface area contributed by atoms with E-state index in [-0.39, 0.29) is 30.6 Å². The minimum absolute atomic E-state index is 0.139. The van der Waals surface area contributed by atoms with Crippen molar-refractivity contribution < 1.29 is 18.7 Å². The van der Waals surface area contributed by atoms with Crippen LogP contribution in [-0.4, -0.2) is 22.8 Å². The van der Waals surface area contributed by atoms with Crippen LogP contribution < -0.4 is 14.8 Å². The summed E-state index contributed by atoms with van der Waals surface area (Å²) in [6.45, 7) is 0.549. The first-order valence-electron chi connectivity index (χ1n) is 10.1. The number of halogens is 1. The summed E-state index contributed by atoms with van der Waals surface area (Å²) < 4.78 is 26.1. The Morgan fingerprint density at radius 1 is 0.969 bits per heavy atom. The van der Waals surface area contributed by atoms with Crippen LogP contribution in [-0.2, 0) is 13.2 Å². The Balaban J connectivity index is 1.57. The van der Waals surface area contributed by atoms with Crippen molar-refractivity contribution in [3.63, 3.8) is 0 Å². The topological polar surface area (TPSA) is 65.4 Å². The van der Waals surface area contributed by atoms with Gasteiger partial charge in [0.05, 0.1) is 19.0 Å². The van der Waals surface area contributed by atoms with E-state index in [1.165, 1.54) is 16.8 Å². The number of carbonyl (C=O) groups excluding carboxylic acids is 1. The number of hydrogen-bond donors (Lipinski definition) is 1. The number of rotatable bonds is 8. The molecule has 0 saturated heterocycles. The summed E-state index contributed by atoms with van der Waals surface area (Å²) in [4.78, 5) is 13.0. The average Bonchev–Trinajstić information content (AvgIpc) is 3.27. The largest absolute Gasteiger partial charge is 0.496 e. The first-order valence-corrected chi connectivity index (χ1v) is 10.1. The number of hydrogen-bond acceptors (Lipinski definition) is 4. The normalized spacial score (nSPS) is 10.6. The quantitative estimate of drug-likeness (QED) is 0.445. The van der Waals surface area contributed by atoms with Gasteiger partial charge in [0.1, 0.15) is 18.2 Å². The Hall–Kier alpha value is -4.13. The molecule has 1 heterocycles. The van der Waals surface area contributed by atoms with Crippen molar-refractivity contribution >= 4 is 5.91 Å². The molecule has 7 heteroatoms. The number of nitrogens with zero attached hydrogens (tertiary/aromatic N) is 2. The summed E-state index contributed by atoms with van der Waals surface area (Å²) in [5.74, 6) is 0.275. The maximum Gasteiger partial charge on any atom is 0.275 e. The van der Waals surface area contributed by atoms with Crippen LogP contribution in [0.5, 0.6) is 11.5 Å². The average molecular weight is 431 g/mol. The molecule has 0 unspecified atom stereocenters. The van der Waals surface area contributed by atoms with Crippen LogP contribution in [0, 0.1) is 5.82 Å². The highest BCUT2D eigenvalue weighted by molar-refractivity contribution is 5.95. The van der Waals surface area contributed by atoms with Gasteiger partial charge < -0.3 is 14.8 Å². The predicted octanol–water partition coefficient (Wildman–Crippen LogP) is 4.53. The van der Waals surface area contributed by atoms with Gasteiger partial charge in [-0.15, -0.1) is 0 Å². The molecule has 32 heavy (non-hydrogen) atoms. The maximum absolute atomic E-state index is 13.3. The zero-order valence-corrected chi connectivity index (χ0v) is 17.5. The van der Waals surface area contributed by atoms with Crippen molar-refractivity contribution in [1.82, 2.24) is 15.1 Å². The van der Waals surface area contributed by atoms with Crippen molar-refractivity contribution in [3.8, 4) is 17.2 Å². The van der Waals surface area contributed by atoms with Gasteiger partial charge in [0, 0.05) is 12.1 Å². The molecular formula is C25H22FN3O3. The molecule has 0 aliphatic rings. The van der Waals surface area contributed by atoms with E-state index in [0.29, 0.717) is 17.2 Å². The molecule has 0 atom stereocenters. The summed E-state index contributed by atoms with van der Waals surface area (Å²) in [6, 6.07) is 22.9. The number of nitrogens with one attached hydrogen (secondary N) is 1. The molecule has 0 bridgehead atoms. The third-order valence-corrected chi connectivity index (χ3v) is 4.86. The van der Waals surface area contributed by atoms with Crippen LogP contribution in [0.2, 0.25) is 0 Å². The van der Waals surface area contributed by atoms with Crippen molar-refractivity contribution in [2.24, 2.45) is 0 Å². The summed E-state index contributed by atoms with van der Waals surface area (Å²) in [7, 11) is 1.58. The van der Waals surface area contributed by atoms with Crippen molar-refractivity contribution in [1.29, 1.82) is 0 Å². The molecule has 0 aliphatic carbocycles. The highest BCUT2D eigenvalue weighted by atomic mass is 19.1. The zero-order valence-electron chi connectivity index (χ0n) is 17.5. The van der Waals surface area contributed by atoms with Crippen LogP contribution in [0.15, 0.2) is 85.1 Å². The fourth-order valence-corrected chi connectivity index (χ4v) is 3.19. The number of methoxy groups -OCH3 is 1. The summed E-state index contributed by atoms with van der Waals surface area (Å²) in [6.07, 6.45) is 1.62. The zero-order chi connectivity index (χ0) is 22.3. The first kappa shape index (κ1) is 21.1. The highest BCUT2D eigenvalue weighted by Crippen LogP contribution is 2.22. The van der Waals surface area contributed by atoms with Gasteiger partial charge in [-0.25, -0.2) is 9.07 Å². The Bertz CT molecular complexity index is 1190. The second-order valence-electron chi connectivity index (χ2n) is 7.03. The lowest BCUT2D eigenvalue weighted by Crippen LogP contribution is -2.24. The molecule has 162 valence electrons. The van der Waals surface area contributed by atoms with E-state index in [9.17, 15) is 9.18 Å². The Kier molecular flexibility index (Phi) is 6.46. The SMILES string of the molecule is COc1ccccc1CNC(=O)c1nn(-c2ccc(F)cc2)cc1OCc1ccccc1. The molecular weight excluding hydrogens is 409 g/mol. The standard InChI is InChI=1S/C25H22FN3O3/c1-31-22-10-6-5-9-19(22)15-27-25(30)24-23(32-17-18-7-3-2-4-8-18)16-29(28-24)21-13-11-20(26)12-14-21/h2-14,16H,15,17H2,1H3,(H,27,30). The van der Waals surface area contributed by atoms with Crippen molar-refractivity contribution in [2.75, 3.05) is 7.11 Å². The van der Waals surface area contributed by atoms with E-state index in [0.717, 1.165) is 11.1 Å². The molecule has 6 nitrogen and oxygen atoms in total. The molecule has 0 fully saturated rings. The fraction of sp³-hybridized carbons (Fsp3) is 0.120. The number of ether oxygens (including phenoxy) is 2. The molecule has 3 aromatic carbocycles. The summed E-state index contributed by atoms with van der Waals surface area (Å²) in [5.41, 5.74) is 2.55. The van der Waals surface area contributed by atoms with Crippen molar-refractivity contribution in [2.45, 2.75) is 13.2 Å². The van der Waals surface area contributed by atoms with E-state index >= 15 is 0 Å². The minimum Gasteiger partial charge on any atom is -0.496 e. The number of para-hydroxylation sites is 1. The monoisotopic (exact) mass is 431 g/mol. The molecule has 0 aliphatic heterocycles. The third-order valence-electron chi connectivity index (χ3n) is 4.86. The van der Waals surface area contributed by atoms with Crippen LogP contribution in [0.25, 0.3) is 5.69 Å². The molecule has 0 saturated carbocycles. The van der Waals surface area contributed by atoms with Gasteiger partial charge >= 0.3 is 0 Å². The van der Waals surface area contributed by atoms with Gasteiger partial charge in [0.15, 0.2) is 11.4 Å². The lowest BCUT2D eigenvalue weighted by molar-refractivity contribution is 0.0941. The lowest BCUT2D eigenvalue weighted by atomic mass is 10.2. The van der Waals surface area contributed by atoms with Gasteiger partial charge in [0.2, 0.25) is 0 Å². The molecule has 4 rings (SSSR count). The van der Waals surface area contributed by atoms with Gasteiger partial charge in [-0.2, -0.15) is 5.10 Å². The van der Waals surface area contributed by atoms with Crippen molar-refractivity contribution in [3.05, 3.63) is 108 Å². The number of carbonyl (C=O) groups is 1. The van der Waals surface area contributed by atoms with Gasteiger partial charge in [-0.3, -0.25) is 4.79 Å². The molecule has 4 aromatic rings. The second-order valence-corrected chi connectivity index (χ2v) is 7.03. The van der Waals surface area contributed by atoms with Crippen LogP contribution in [0.4, 0.5) is 4.39 Å². The summed E-state index contributed by atoms with van der Waals surface area (Å²) >= 11 is 0. The number of amides is 1. The fourth-order valence-electron chi connectivity index (χ4n) is 3.19. The van der Waals surface area contributed by atoms with Crippen LogP contribution in [0.3, 0.4) is 0 Å². The minimum atomic E-state index is -0.389. The number of benzene rings is 3. The first-order chi connectivity index (χ1) is 15.6. The molecule has 1 N–H and O–H groups in total. The van der Waals surface area contributed by atoms with Crippen LogP contribution in [0.1, 0.15) is 21.6 Å². The second kappa shape index (κ2) is 9.78. The Morgan fingerprint density at radius 3 is 2.44 bits per heavy atom. The van der Waals surface area contributed by atoms with Crippen LogP contribution >= 0.6 is 0 Å². The summed E-state index contributed by atoms with van der Waals surface area (Å²) in [5, 5.41) is 7.27. The van der Waals surface area contributed by atoms with Gasteiger partial charge in [-0.1, -0.05) is 48.5 Å². The van der Waals surface area contributed by atoms with E-state index < -0.39 is 0 Å².